The second kappa shape index (κ2) is 13.4. The van der Waals surface area contributed by atoms with Gasteiger partial charge in [-0.25, -0.2) is 0 Å². The van der Waals surface area contributed by atoms with Gasteiger partial charge in [0.2, 0.25) is 0 Å². The summed E-state index contributed by atoms with van der Waals surface area (Å²) < 4.78 is 0. The Morgan fingerprint density at radius 2 is 0.839 bits per heavy atom. The lowest BCUT2D eigenvalue weighted by molar-refractivity contribution is 0.660. The van der Waals surface area contributed by atoms with Crippen molar-refractivity contribution in [3.8, 4) is 22.3 Å². The summed E-state index contributed by atoms with van der Waals surface area (Å²) in [7, 11) is 0. The highest BCUT2D eigenvalue weighted by Gasteiger charge is 2.37. The zero-order chi connectivity index (χ0) is 37.8. The predicted octanol–water partition coefficient (Wildman–Crippen LogP) is 15.2. The van der Waals surface area contributed by atoms with E-state index in [4.69, 9.17) is 0 Å². The highest BCUT2D eigenvalue weighted by molar-refractivity contribution is 6.00. The van der Waals surface area contributed by atoms with Crippen LogP contribution in [-0.4, -0.2) is 0 Å². The Balaban J connectivity index is 1.06. The van der Waals surface area contributed by atoms with E-state index in [1.54, 1.807) is 0 Å². The molecule has 9 aromatic carbocycles. The largest absolute Gasteiger partial charge is 0.310 e. The average molecular weight is 719 g/mol. The van der Waals surface area contributed by atoms with Crippen LogP contribution in [0.25, 0.3) is 43.8 Å². The maximum absolute atomic E-state index is 2.42. The van der Waals surface area contributed by atoms with Crippen LogP contribution in [0.3, 0.4) is 0 Å². The van der Waals surface area contributed by atoms with Gasteiger partial charge in [-0.05, 0) is 123 Å². The molecule has 0 saturated carbocycles. The van der Waals surface area contributed by atoms with E-state index in [2.05, 4.69) is 231 Å². The Morgan fingerprint density at radius 1 is 0.357 bits per heavy atom. The Kier molecular flexibility index (Phi) is 8.08. The van der Waals surface area contributed by atoms with Gasteiger partial charge in [-0.15, -0.1) is 0 Å². The summed E-state index contributed by atoms with van der Waals surface area (Å²) in [6, 6.07) is 73.3. The minimum atomic E-state index is -0.227. The average Bonchev–Trinajstić information content (AvgIpc) is 3.47. The van der Waals surface area contributed by atoms with E-state index < -0.39 is 0 Å². The van der Waals surface area contributed by atoms with E-state index >= 15 is 0 Å². The molecule has 0 N–H and O–H groups in total. The fourth-order valence-corrected chi connectivity index (χ4v) is 8.81. The first-order chi connectivity index (χ1) is 27.4. The third-order valence-electron chi connectivity index (χ3n) is 11.7. The quantitative estimate of drug-likeness (QED) is 0.162. The number of hydrogen-bond acceptors (Lipinski definition) is 2. The van der Waals surface area contributed by atoms with Gasteiger partial charge in [0, 0.05) is 39.2 Å². The summed E-state index contributed by atoms with van der Waals surface area (Å²) >= 11 is 0. The highest BCUT2D eigenvalue weighted by Crippen LogP contribution is 2.53. The Morgan fingerprint density at radius 3 is 1.50 bits per heavy atom. The first-order valence-corrected chi connectivity index (χ1v) is 19.5. The van der Waals surface area contributed by atoms with Crippen molar-refractivity contribution in [3.63, 3.8) is 0 Å². The van der Waals surface area contributed by atoms with Crippen LogP contribution in [0.15, 0.2) is 200 Å². The van der Waals surface area contributed by atoms with Crippen molar-refractivity contribution >= 4 is 55.7 Å². The molecular weight excluding hydrogens is 677 g/mol. The lowest BCUT2D eigenvalue weighted by atomic mass is 9.82. The molecular formula is C54H42N2. The number of rotatable bonds is 7. The van der Waals surface area contributed by atoms with Gasteiger partial charge in [-0.1, -0.05) is 153 Å². The summed E-state index contributed by atoms with van der Waals surface area (Å²) in [5, 5.41) is 4.98. The topological polar surface area (TPSA) is 6.48 Å². The van der Waals surface area contributed by atoms with Gasteiger partial charge < -0.3 is 9.80 Å². The summed E-state index contributed by atoms with van der Waals surface area (Å²) in [6.07, 6.45) is 0. The molecule has 0 aliphatic heterocycles. The molecule has 56 heavy (non-hydrogen) atoms. The Bertz CT molecular complexity index is 2880. The summed E-state index contributed by atoms with van der Waals surface area (Å²) in [4.78, 5) is 4.81. The van der Waals surface area contributed by atoms with Gasteiger partial charge in [0.1, 0.15) is 0 Å². The zero-order valence-electron chi connectivity index (χ0n) is 31.9. The second-order valence-electron chi connectivity index (χ2n) is 15.5. The molecule has 0 atom stereocenters. The molecule has 0 aromatic heterocycles. The van der Waals surface area contributed by atoms with E-state index in [1.807, 2.05) is 0 Å². The predicted molar refractivity (Wildman–Crippen MR) is 239 cm³/mol. The molecule has 2 heteroatoms. The zero-order valence-corrected chi connectivity index (χ0v) is 31.9. The van der Waals surface area contributed by atoms with Crippen LogP contribution in [0.4, 0.5) is 34.1 Å². The molecule has 2 nitrogen and oxygen atoms in total. The molecule has 1 aliphatic rings. The number of anilines is 6. The molecule has 0 fully saturated rings. The van der Waals surface area contributed by atoms with E-state index in [0.717, 1.165) is 28.4 Å². The van der Waals surface area contributed by atoms with E-state index in [9.17, 15) is 0 Å². The summed E-state index contributed by atoms with van der Waals surface area (Å²) in [6.45, 7) is 6.91. The van der Waals surface area contributed by atoms with Gasteiger partial charge in [0.05, 0.1) is 5.69 Å². The minimum absolute atomic E-state index is 0.227. The van der Waals surface area contributed by atoms with Crippen LogP contribution in [0.2, 0.25) is 0 Å². The second-order valence-corrected chi connectivity index (χ2v) is 15.5. The van der Waals surface area contributed by atoms with Crippen LogP contribution < -0.4 is 9.80 Å². The number of para-hydroxylation sites is 1. The van der Waals surface area contributed by atoms with Gasteiger partial charge in [-0.2, -0.15) is 0 Å². The van der Waals surface area contributed by atoms with Crippen LogP contribution in [0.5, 0.6) is 0 Å². The van der Waals surface area contributed by atoms with Crippen LogP contribution in [0, 0.1) is 6.92 Å². The smallest absolute Gasteiger partial charge is 0.0540 e. The normalized spacial score (nSPS) is 12.7. The molecule has 0 heterocycles. The molecule has 0 spiro atoms. The van der Waals surface area contributed by atoms with Crippen molar-refractivity contribution in [2.45, 2.75) is 26.2 Å². The lowest BCUT2D eigenvalue weighted by Gasteiger charge is -2.29. The molecule has 0 saturated heterocycles. The fourth-order valence-electron chi connectivity index (χ4n) is 8.81. The highest BCUT2D eigenvalue weighted by atomic mass is 15.1. The Hall–Kier alpha value is -6.90. The van der Waals surface area contributed by atoms with Crippen molar-refractivity contribution in [1.29, 1.82) is 0 Å². The molecule has 0 unspecified atom stereocenters. The minimum Gasteiger partial charge on any atom is -0.310 e. The Labute approximate surface area is 329 Å². The molecule has 0 bridgehead atoms. The molecule has 9 aromatic rings. The van der Waals surface area contributed by atoms with E-state index in [1.165, 1.54) is 66.2 Å². The molecule has 0 amide bonds. The molecule has 0 radical (unpaired) electrons. The molecule has 10 rings (SSSR count). The number of benzene rings is 9. The number of hydrogen-bond donors (Lipinski definition) is 0. The standard InChI is InChI=1S/C54H42N2/c1-37-23-27-42(28-24-37)55(43-29-25-40(26-30-43)47-21-11-15-38-13-7-9-19-46(38)47)44-31-33-49-50-34-32-45(36-52(50)54(2,3)51(49)35-44)56(41-17-5-4-6-18-41)53-22-12-16-39-14-8-10-20-48(39)53/h4-36H,1-3H3. The van der Waals surface area contributed by atoms with E-state index in [-0.39, 0.29) is 5.41 Å². The van der Waals surface area contributed by atoms with Crippen molar-refractivity contribution in [3.05, 3.63) is 217 Å². The van der Waals surface area contributed by atoms with Gasteiger partial charge >= 0.3 is 0 Å². The number of nitrogens with zero attached hydrogens (tertiary/aromatic N) is 2. The van der Waals surface area contributed by atoms with Crippen LogP contribution in [0.1, 0.15) is 30.5 Å². The number of fused-ring (bicyclic) bond motifs is 5. The van der Waals surface area contributed by atoms with Crippen molar-refractivity contribution in [1.82, 2.24) is 0 Å². The lowest BCUT2D eigenvalue weighted by Crippen LogP contribution is -2.17. The molecule has 1 aliphatic carbocycles. The third kappa shape index (κ3) is 5.65. The summed E-state index contributed by atoms with van der Waals surface area (Å²) in [5.74, 6) is 0. The number of aryl methyl sites for hydroxylation is 1. The van der Waals surface area contributed by atoms with Gasteiger partial charge in [0.25, 0.3) is 0 Å². The van der Waals surface area contributed by atoms with Gasteiger partial charge in [0.15, 0.2) is 0 Å². The monoisotopic (exact) mass is 718 g/mol. The first-order valence-electron chi connectivity index (χ1n) is 19.5. The molecule has 268 valence electrons. The SMILES string of the molecule is Cc1ccc(N(c2ccc(-c3cccc4ccccc34)cc2)c2ccc3c(c2)C(C)(C)c2cc(N(c4ccccc4)c4cccc5ccccc45)ccc2-3)cc1. The first kappa shape index (κ1) is 33.7. The third-order valence-corrected chi connectivity index (χ3v) is 11.7. The van der Waals surface area contributed by atoms with Crippen molar-refractivity contribution in [2.24, 2.45) is 0 Å². The van der Waals surface area contributed by atoms with Crippen LogP contribution >= 0.6 is 0 Å². The van der Waals surface area contributed by atoms with Crippen molar-refractivity contribution in [2.75, 3.05) is 9.80 Å². The van der Waals surface area contributed by atoms with Crippen molar-refractivity contribution < 1.29 is 0 Å². The summed E-state index contributed by atoms with van der Waals surface area (Å²) in [5.41, 5.74) is 15.6. The van der Waals surface area contributed by atoms with E-state index in [0.29, 0.717) is 0 Å². The van der Waals surface area contributed by atoms with Crippen LogP contribution in [-0.2, 0) is 5.41 Å². The maximum atomic E-state index is 2.42. The van der Waals surface area contributed by atoms with Gasteiger partial charge in [-0.3, -0.25) is 0 Å². The fraction of sp³-hybridized carbons (Fsp3) is 0.0741. The maximum Gasteiger partial charge on any atom is 0.0540 e.